The number of carbonyl (C=O) groups excluding carboxylic acids is 1. The zero-order chi connectivity index (χ0) is 19.9. The van der Waals surface area contributed by atoms with Crippen molar-refractivity contribution in [3.63, 3.8) is 0 Å². The number of benzene rings is 2. The Kier molecular flexibility index (Phi) is 5.07. The lowest BCUT2D eigenvalue weighted by Gasteiger charge is -2.32. The molecule has 0 aliphatic carbocycles. The number of rotatable bonds is 3. The molecule has 0 bridgehead atoms. The normalized spacial score (nSPS) is 18.3. The van der Waals surface area contributed by atoms with Crippen molar-refractivity contribution in [3.8, 4) is 0 Å². The third-order valence-corrected chi connectivity index (χ3v) is 7.56. The molecule has 2 heterocycles. The summed E-state index contributed by atoms with van der Waals surface area (Å²) in [6, 6.07) is 10.7. The molecule has 1 amide bonds. The largest absolute Gasteiger partial charge is 0.444 e. The van der Waals surface area contributed by atoms with Crippen LogP contribution in [0.3, 0.4) is 0 Å². The minimum Gasteiger partial charge on any atom is -0.444 e. The van der Waals surface area contributed by atoms with Gasteiger partial charge >= 0.3 is 6.09 Å². The van der Waals surface area contributed by atoms with Crippen LogP contribution in [0, 0.1) is 6.92 Å². The topological polar surface area (TPSA) is 75.7 Å². The number of nitrogens with zero attached hydrogens (tertiary/aromatic N) is 1. The zero-order valence-corrected chi connectivity index (χ0v) is 17.0. The highest BCUT2D eigenvalue weighted by molar-refractivity contribution is 7.89. The van der Waals surface area contributed by atoms with E-state index in [9.17, 15) is 13.2 Å². The third kappa shape index (κ3) is 3.62. The molecule has 0 spiro atoms. The summed E-state index contributed by atoms with van der Waals surface area (Å²) in [6.45, 7) is 2.95. The number of anilines is 1. The first-order valence-electron chi connectivity index (χ1n) is 9.17. The molecule has 0 saturated carbocycles. The van der Waals surface area contributed by atoms with E-state index in [-0.39, 0.29) is 12.5 Å². The molecule has 4 rings (SSSR count). The fraction of sp³-hybridized carbons (Fsp3) is 0.350. The molecule has 0 aromatic heterocycles. The van der Waals surface area contributed by atoms with Gasteiger partial charge in [0.2, 0.25) is 10.0 Å². The molecule has 6 nitrogen and oxygen atoms in total. The molecule has 2 aromatic rings. The summed E-state index contributed by atoms with van der Waals surface area (Å²) in [5.41, 5.74) is 3.41. The van der Waals surface area contributed by atoms with Crippen LogP contribution in [0.1, 0.15) is 35.4 Å². The van der Waals surface area contributed by atoms with Crippen LogP contribution in [0.15, 0.2) is 41.3 Å². The van der Waals surface area contributed by atoms with Gasteiger partial charge in [-0.15, -0.1) is 0 Å². The van der Waals surface area contributed by atoms with Crippen molar-refractivity contribution in [2.45, 2.75) is 37.2 Å². The molecule has 1 saturated heterocycles. The maximum absolute atomic E-state index is 12.9. The number of carbonyl (C=O) groups is 1. The first-order valence-corrected chi connectivity index (χ1v) is 11.0. The number of hydrogen-bond donors (Lipinski definition) is 1. The van der Waals surface area contributed by atoms with E-state index in [4.69, 9.17) is 16.3 Å². The number of sulfonamides is 1. The van der Waals surface area contributed by atoms with E-state index >= 15 is 0 Å². The smallest absolute Gasteiger partial charge is 0.411 e. The Morgan fingerprint density at radius 3 is 2.64 bits per heavy atom. The molecule has 2 aromatic carbocycles. The Hall–Kier alpha value is -2.09. The summed E-state index contributed by atoms with van der Waals surface area (Å²) in [6.07, 6.45) is 0.877. The molecule has 8 heteroatoms. The van der Waals surface area contributed by atoms with E-state index in [1.165, 1.54) is 0 Å². The van der Waals surface area contributed by atoms with Gasteiger partial charge in [-0.1, -0.05) is 23.7 Å². The summed E-state index contributed by atoms with van der Waals surface area (Å²) < 4.78 is 32.3. The lowest BCUT2D eigenvalue weighted by atomic mass is 9.89. The van der Waals surface area contributed by atoms with Crippen LogP contribution < -0.4 is 5.32 Å². The van der Waals surface area contributed by atoms with Gasteiger partial charge in [-0.2, -0.15) is 4.31 Å². The monoisotopic (exact) mass is 420 g/mol. The average Bonchev–Trinajstić information content (AvgIpc) is 2.68. The maximum atomic E-state index is 12.9. The van der Waals surface area contributed by atoms with Gasteiger partial charge in [-0.3, -0.25) is 5.32 Å². The van der Waals surface area contributed by atoms with Gasteiger partial charge in [0.1, 0.15) is 6.61 Å². The molecule has 2 aliphatic heterocycles. The van der Waals surface area contributed by atoms with E-state index in [0.717, 1.165) is 16.7 Å². The molecular formula is C20H21ClN2O4S. The van der Waals surface area contributed by atoms with Crippen LogP contribution in [0.25, 0.3) is 0 Å². The van der Waals surface area contributed by atoms with Gasteiger partial charge in [-0.05, 0) is 61.1 Å². The fourth-order valence-electron chi connectivity index (χ4n) is 3.80. The second-order valence-corrected chi connectivity index (χ2v) is 9.57. The number of ether oxygens (including phenoxy) is 1. The fourth-order valence-corrected chi connectivity index (χ4v) is 5.72. The number of hydrogen-bond acceptors (Lipinski definition) is 4. The number of halogens is 1. The number of cyclic esters (lactones) is 1. The highest BCUT2D eigenvalue weighted by Crippen LogP contribution is 2.38. The van der Waals surface area contributed by atoms with Crippen LogP contribution >= 0.6 is 11.6 Å². The number of aryl methyl sites for hydroxylation is 1. The highest BCUT2D eigenvalue weighted by atomic mass is 35.5. The minimum absolute atomic E-state index is 0.140. The summed E-state index contributed by atoms with van der Waals surface area (Å²) in [7, 11) is -3.50. The van der Waals surface area contributed by atoms with Crippen molar-refractivity contribution < 1.29 is 17.9 Å². The van der Waals surface area contributed by atoms with Crippen LogP contribution in [0.5, 0.6) is 0 Å². The SMILES string of the molecule is Cc1cccc(S(=O)(=O)N2CCC(c3cc4c(cc3Cl)COC(=O)N4)CC2)c1. The Bertz CT molecular complexity index is 1030. The van der Waals surface area contributed by atoms with E-state index < -0.39 is 16.1 Å². The van der Waals surface area contributed by atoms with Gasteiger partial charge in [0.05, 0.1) is 10.6 Å². The molecule has 28 heavy (non-hydrogen) atoms. The number of piperidine rings is 1. The van der Waals surface area contributed by atoms with Gasteiger partial charge in [0.15, 0.2) is 0 Å². The molecule has 0 radical (unpaired) electrons. The molecule has 0 atom stereocenters. The number of amides is 1. The lowest BCUT2D eigenvalue weighted by molar-refractivity contribution is 0.151. The van der Waals surface area contributed by atoms with Crippen molar-refractivity contribution in [3.05, 3.63) is 58.1 Å². The molecule has 0 unspecified atom stereocenters. The summed E-state index contributed by atoms with van der Waals surface area (Å²) >= 11 is 6.47. The molecule has 1 N–H and O–H groups in total. The summed E-state index contributed by atoms with van der Waals surface area (Å²) in [5.74, 6) is 0.140. The second-order valence-electron chi connectivity index (χ2n) is 7.23. The van der Waals surface area contributed by atoms with Gasteiger partial charge < -0.3 is 4.74 Å². The van der Waals surface area contributed by atoms with Crippen LogP contribution in [-0.2, 0) is 21.4 Å². The zero-order valence-electron chi connectivity index (χ0n) is 15.4. The van der Waals surface area contributed by atoms with Gasteiger partial charge in [0, 0.05) is 23.7 Å². The van der Waals surface area contributed by atoms with Gasteiger partial charge in [0.25, 0.3) is 0 Å². The van der Waals surface area contributed by atoms with Crippen molar-refractivity contribution in [1.29, 1.82) is 0 Å². The number of nitrogens with one attached hydrogen (secondary N) is 1. The average molecular weight is 421 g/mol. The molecule has 148 valence electrons. The Balaban J connectivity index is 1.52. The quantitative estimate of drug-likeness (QED) is 0.804. The van der Waals surface area contributed by atoms with Crippen LogP contribution in [0.2, 0.25) is 5.02 Å². The van der Waals surface area contributed by atoms with Crippen molar-refractivity contribution in [1.82, 2.24) is 4.31 Å². The number of fused-ring (bicyclic) bond motifs is 1. The third-order valence-electron chi connectivity index (χ3n) is 5.34. The Morgan fingerprint density at radius 2 is 1.93 bits per heavy atom. The van der Waals surface area contributed by atoms with Crippen molar-refractivity contribution >= 4 is 33.4 Å². The minimum atomic E-state index is -3.50. The van der Waals surface area contributed by atoms with E-state index in [2.05, 4.69) is 5.32 Å². The van der Waals surface area contributed by atoms with E-state index in [0.29, 0.717) is 41.5 Å². The first-order chi connectivity index (χ1) is 13.3. The second kappa shape index (κ2) is 7.39. The summed E-state index contributed by atoms with van der Waals surface area (Å²) in [4.78, 5) is 11.8. The lowest BCUT2D eigenvalue weighted by Crippen LogP contribution is -2.38. The van der Waals surface area contributed by atoms with Crippen LogP contribution in [-0.4, -0.2) is 31.9 Å². The first kappa shape index (κ1) is 19.2. The van der Waals surface area contributed by atoms with Gasteiger partial charge in [-0.25, -0.2) is 13.2 Å². The van der Waals surface area contributed by atoms with Crippen molar-refractivity contribution in [2.75, 3.05) is 18.4 Å². The van der Waals surface area contributed by atoms with Crippen LogP contribution in [0.4, 0.5) is 10.5 Å². The van der Waals surface area contributed by atoms with E-state index in [1.807, 2.05) is 25.1 Å². The molecular weight excluding hydrogens is 400 g/mol. The highest BCUT2D eigenvalue weighted by Gasteiger charge is 2.31. The molecule has 1 fully saturated rings. The van der Waals surface area contributed by atoms with Crippen molar-refractivity contribution in [2.24, 2.45) is 0 Å². The molecule has 2 aliphatic rings. The van der Waals surface area contributed by atoms with E-state index in [1.54, 1.807) is 22.5 Å². The Labute approximate surface area is 169 Å². The Morgan fingerprint density at radius 1 is 1.18 bits per heavy atom. The predicted molar refractivity (Wildman–Crippen MR) is 107 cm³/mol. The summed E-state index contributed by atoms with van der Waals surface area (Å²) in [5, 5.41) is 3.32. The predicted octanol–water partition coefficient (Wildman–Crippen LogP) is 4.28. The standard InChI is InChI=1S/C20H21ClN2O4S/c1-13-3-2-4-16(9-13)28(25,26)23-7-5-14(6-8-23)17-11-19-15(10-18(17)21)12-27-20(24)22-19/h2-4,9-11,14H,5-8,12H2,1H3,(H,22,24). The maximum Gasteiger partial charge on any atom is 0.411 e.